The Balaban J connectivity index is 1.61. The van der Waals surface area contributed by atoms with Crippen LogP contribution in [-0.2, 0) is 6.54 Å². The third kappa shape index (κ3) is 3.96. The van der Waals surface area contributed by atoms with Crippen molar-refractivity contribution in [1.82, 2.24) is 10.2 Å². The molecular formula is C20H26N2. The van der Waals surface area contributed by atoms with Crippen LogP contribution in [0.15, 0.2) is 54.6 Å². The average molecular weight is 294 g/mol. The summed E-state index contributed by atoms with van der Waals surface area (Å²) in [6, 6.07) is 19.7. The lowest BCUT2D eigenvalue weighted by atomic mass is 9.97. The molecule has 0 bridgehead atoms. The van der Waals surface area contributed by atoms with Gasteiger partial charge in [0.05, 0.1) is 0 Å². The van der Waals surface area contributed by atoms with E-state index in [2.05, 4.69) is 71.9 Å². The normalized spacial score (nSPS) is 19.2. The third-order valence-electron chi connectivity index (χ3n) is 4.56. The molecule has 1 fully saturated rings. The minimum absolute atomic E-state index is 0.808. The van der Waals surface area contributed by atoms with E-state index in [0.29, 0.717) is 0 Å². The molecule has 0 aromatic heterocycles. The summed E-state index contributed by atoms with van der Waals surface area (Å²) in [6.07, 6.45) is 2.69. The molecule has 1 atom stereocenters. The Kier molecular flexibility index (Phi) is 5.25. The Morgan fingerprint density at radius 1 is 1.00 bits per heavy atom. The van der Waals surface area contributed by atoms with E-state index in [1.165, 1.54) is 42.6 Å². The molecule has 116 valence electrons. The second kappa shape index (κ2) is 7.57. The number of likely N-dealkylation sites (tertiary alicyclic amines) is 1. The maximum atomic E-state index is 3.32. The quantitative estimate of drug-likeness (QED) is 0.902. The van der Waals surface area contributed by atoms with Crippen LogP contribution in [0.25, 0.3) is 11.1 Å². The fraction of sp³-hybridized carbons (Fsp3) is 0.400. The monoisotopic (exact) mass is 294 g/mol. The summed E-state index contributed by atoms with van der Waals surface area (Å²) in [6.45, 7) is 4.68. The van der Waals surface area contributed by atoms with E-state index in [0.717, 1.165) is 19.0 Å². The SMILES string of the molecule is CNCC1CCCN(Cc2ccc(-c3ccccc3)cc2)C1. The highest BCUT2D eigenvalue weighted by atomic mass is 15.1. The van der Waals surface area contributed by atoms with Crippen LogP contribution in [0, 0.1) is 5.92 Å². The first-order valence-corrected chi connectivity index (χ1v) is 8.36. The number of rotatable bonds is 5. The molecule has 1 unspecified atom stereocenters. The van der Waals surface area contributed by atoms with Gasteiger partial charge < -0.3 is 5.32 Å². The van der Waals surface area contributed by atoms with Crippen molar-refractivity contribution in [2.24, 2.45) is 5.92 Å². The summed E-state index contributed by atoms with van der Waals surface area (Å²) in [5, 5.41) is 3.32. The summed E-state index contributed by atoms with van der Waals surface area (Å²) in [5.74, 6) is 0.808. The first-order chi connectivity index (χ1) is 10.8. The predicted molar refractivity (Wildman–Crippen MR) is 93.8 cm³/mol. The van der Waals surface area contributed by atoms with Crippen LogP contribution < -0.4 is 5.32 Å². The van der Waals surface area contributed by atoms with Gasteiger partial charge in [-0.1, -0.05) is 54.6 Å². The molecule has 0 aliphatic carbocycles. The largest absolute Gasteiger partial charge is 0.319 e. The summed E-state index contributed by atoms with van der Waals surface area (Å²) >= 11 is 0. The molecule has 2 nitrogen and oxygen atoms in total. The average Bonchev–Trinajstić information content (AvgIpc) is 2.57. The van der Waals surface area contributed by atoms with Crippen LogP contribution in [0.3, 0.4) is 0 Å². The van der Waals surface area contributed by atoms with Gasteiger partial charge in [-0.2, -0.15) is 0 Å². The lowest BCUT2D eigenvalue weighted by molar-refractivity contribution is 0.167. The van der Waals surface area contributed by atoms with E-state index in [4.69, 9.17) is 0 Å². The van der Waals surface area contributed by atoms with Gasteiger partial charge in [0, 0.05) is 13.1 Å². The number of hydrogen-bond acceptors (Lipinski definition) is 2. The molecular weight excluding hydrogens is 268 g/mol. The van der Waals surface area contributed by atoms with Crippen LogP contribution in [-0.4, -0.2) is 31.6 Å². The van der Waals surface area contributed by atoms with E-state index in [9.17, 15) is 0 Å². The fourth-order valence-corrected chi connectivity index (χ4v) is 3.44. The smallest absolute Gasteiger partial charge is 0.0233 e. The van der Waals surface area contributed by atoms with Crippen LogP contribution in [0.1, 0.15) is 18.4 Å². The number of piperidine rings is 1. The number of benzene rings is 2. The van der Waals surface area contributed by atoms with E-state index < -0.39 is 0 Å². The van der Waals surface area contributed by atoms with Crippen LogP contribution in [0.2, 0.25) is 0 Å². The van der Waals surface area contributed by atoms with Crippen molar-refractivity contribution >= 4 is 0 Å². The van der Waals surface area contributed by atoms with Crippen LogP contribution in [0.4, 0.5) is 0 Å². The van der Waals surface area contributed by atoms with Crippen molar-refractivity contribution in [3.05, 3.63) is 60.2 Å². The summed E-state index contributed by atoms with van der Waals surface area (Å²) < 4.78 is 0. The van der Waals surface area contributed by atoms with Gasteiger partial charge in [-0.15, -0.1) is 0 Å². The minimum atomic E-state index is 0.808. The molecule has 22 heavy (non-hydrogen) atoms. The zero-order chi connectivity index (χ0) is 15.2. The molecule has 0 amide bonds. The van der Waals surface area contributed by atoms with Gasteiger partial charge >= 0.3 is 0 Å². The van der Waals surface area contributed by atoms with Gasteiger partial charge in [0.2, 0.25) is 0 Å². The number of hydrogen-bond donors (Lipinski definition) is 1. The molecule has 0 spiro atoms. The summed E-state index contributed by atoms with van der Waals surface area (Å²) in [5.41, 5.74) is 4.02. The van der Waals surface area contributed by atoms with Gasteiger partial charge in [0.1, 0.15) is 0 Å². The number of nitrogens with zero attached hydrogens (tertiary/aromatic N) is 1. The predicted octanol–water partition coefficient (Wildman–Crippen LogP) is 3.79. The maximum absolute atomic E-state index is 3.32. The molecule has 2 aromatic rings. The molecule has 2 aromatic carbocycles. The van der Waals surface area contributed by atoms with Crippen molar-refractivity contribution in [3.63, 3.8) is 0 Å². The van der Waals surface area contributed by atoms with Crippen molar-refractivity contribution in [2.45, 2.75) is 19.4 Å². The molecule has 3 rings (SSSR count). The Labute approximate surface area is 134 Å². The molecule has 2 heteroatoms. The van der Waals surface area contributed by atoms with Crippen LogP contribution in [0.5, 0.6) is 0 Å². The van der Waals surface area contributed by atoms with Crippen molar-refractivity contribution in [3.8, 4) is 11.1 Å². The van der Waals surface area contributed by atoms with Gasteiger partial charge in [0.15, 0.2) is 0 Å². The molecule has 1 N–H and O–H groups in total. The minimum Gasteiger partial charge on any atom is -0.319 e. The fourth-order valence-electron chi connectivity index (χ4n) is 3.44. The zero-order valence-electron chi connectivity index (χ0n) is 13.5. The van der Waals surface area contributed by atoms with Crippen molar-refractivity contribution < 1.29 is 0 Å². The lowest BCUT2D eigenvalue weighted by Gasteiger charge is -2.32. The van der Waals surface area contributed by atoms with Crippen molar-refractivity contribution in [2.75, 3.05) is 26.7 Å². The Bertz CT molecular complexity index is 560. The van der Waals surface area contributed by atoms with E-state index >= 15 is 0 Å². The Morgan fingerprint density at radius 2 is 1.73 bits per heavy atom. The van der Waals surface area contributed by atoms with Gasteiger partial charge in [-0.05, 0) is 55.6 Å². The topological polar surface area (TPSA) is 15.3 Å². The Morgan fingerprint density at radius 3 is 2.45 bits per heavy atom. The molecule has 1 aliphatic heterocycles. The van der Waals surface area contributed by atoms with E-state index in [1.54, 1.807) is 0 Å². The highest BCUT2D eigenvalue weighted by Gasteiger charge is 2.19. The van der Waals surface area contributed by atoms with Gasteiger partial charge in [-0.3, -0.25) is 4.90 Å². The van der Waals surface area contributed by atoms with Gasteiger partial charge in [0.25, 0.3) is 0 Å². The molecule has 0 radical (unpaired) electrons. The third-order valence-corrected chi connectivity index (χ3v) is 4.56. The lowest BCUT2D eigenvalue weighted by Crippen LogP contribution is -2.38. The zero-order valence-corrected chi connectivity index (χ0v) is 13.5. The summed E-state index contributed by atoms with van der Waals surface area (Å²) in [4.78, 5) is 2.60. The van der Waals surface area contributed by atoms with Crippen molar-refractivity contribution in [1.29, 1.82) is 0 Å². The second-order valence-corrected chi connectivity index (χ2v) is 6.36. The molecule has 1 heterocycles. The van der Waals surface area contributed by atoms with E-state index in [1.807, 2.05) is 0 Å². The molecule has 0 saturated carbocycles. The first kappa shape index (κ1) is 15.3. The Hall–Kier alpha value is -1.64. The standard InChI is InChI=1S/C20H26N2/c1-21-14-18-6-5-13-22(16-18)15-17-9-11-20(12-10-17)19-7-3-2-4-8-19/h2-4,7-12,18,21H,5-6,13-16H2,1H3. The highest BCUT2D eigenvalue weighted by molar-refractivity contribution is 5.63. The number of nitrogens with one attached hydrogen (secondary N) is 1. The maximum Gasteiger partial charge on any atom is 0.0233 e. The second-order valence-electron chi connectivity index (χ2n) is 6.36. The summed E-state index contributed by atoms with van der Waals surface area (Å²) in [7, 11) is 2.06. The first-order valence-electron chi connectivity index (χ1n) is 8.36. The van der Waals surface area contributed by atoms with E-state index in [-0.39, 0.29) is 0 Å². The molecule has 1 aliphatic rings. The molecule has 1 saturated heterocycles. The van der Waals surface area contributed by atoms with Gasteiger partial charge in [-0.25, -0.2) is 0 Å². The highest BCUT2D eigenvalue weighted by Crippen LogP contribution is 2.21. The van der Waals surface area contributed by atoms with Crippen LogP contribution >= 0.6 is 0 Å².